The van der Waals surface area contributed by atoms with Crippen LogP contribution >= 0.6 is 11.8 Å². The van der Waals surface area contributed by atoms with Crippen LogP contribution < -0.4 is 0 Å². The number of rotatable bonds is 8. The van der Waals surface area contributed by atoms with Crippen LogP contribution in [-0.2, 0) is 6.54 Å². The molecule has 0 aliphatic rings. The Morgan fingerprint density at radius 1 is 1.07 bits per heavy atom. The highest BCUT2D eigenvalue weighted by Gasteiger charge is 2.18. The van der Waals surface area contributed by atoms with Gasteiger partial charge in [0, 0.05) is 12.1 Å². The first-order valence-corrected chi connectivity index (χ1v) is 10.6. The molecule has 6 heteroatoms. The van der Waals surface area contributed by atoms with Crippen molar-refractivity contribution in [3.63, 3.8) is 0 Å². The van der Waals surface area contributed by atoms with Gasteiger partial charge in [0.1, 0.15) is 5.76 Å². The van der Waals surface area contributed by atoms with Crippen LogP contribution in [0.5, 0.6) is 0 Å². The van der Waals surface area contributed by atoms with Gasteiger partial charge < -0.3 is 4.42 Å². The van der Waals surface area contributed by atoms with E-state index in [1.165, 1.54) is 11.8 Å². The van der Waals surface area contributed by atoms with Gasteiger partial charge in [0.25, 0.3) is 0 Å². The van der Waals surface area contributed by atoms with E-state index in [1.807, 2.05) is 60.0 Å². The zero-order chi connectivity index (χ0) is 20.9. The Morgan fingerprint density at radius 2 is 1.80 bits per heavy atom. The number of hydrogen-bond donors (Lipinski definition) is 0. The first-order chi connectivity index (χ1) is 14.7. The molecule has 0 fully saturated rings. The van der Waals surface area contributed by atoms with Crippen molar-refractivity contribution >= 4 is 17.5 Å². The fraction of sp³-hybridized carbons (Fsp3) is 0.125. The summed E-state index contributed by atoms with van der Waals surface area (Å²) < 4.78 is 7.34. The molecule has 2 heterocycles. The number of allylic oxidation sites excluding steroid dienone is 1. The summed E-state index contributed by atoms with van der Waals surface area (Å²) in [6, 6.07) is 19.7. The Balaban J connectivity index is 1.48. The molecule has 0 amide bonds. The lowest BCUT2D eigenvalue weighted by atomic mass is 10.0. The number of nitrogens with zero attached hydrogens (tertiary/aromatic N) is 3. The van der Waals surface area contributed by atoms with Crippen LogP contribution in [0.15, 0.2) is 89.2 Å². The van der Waals surface area contributed by atoms with Gasteiger partial charge in [0.15, 0.2) is 16.8 Å². The van der Waals surface area contributed by atoms with Crippen LogP contribution in [0.3, 0.4) is 0 Å². The molecule has 0 atom stereocenters. The highest BCUT2D eigenvalue weighted by molar-refractivity contribution is 7.99. The predicted octanol–water partition coefficient (Wildman–Crippen LogP) is 5.67. The number of carbonyl (C=O) groups excluding carboxylic acids is 1. The highest BCUT2D eigenvalue weighted by atomic mass is 32.2. The lowest BCUT2D eigenvalue weighted by Crippen LogP contribution is -2.05. The van der Waals surface area contributed by atoms with Gasteiger partial charge in [0.2, 0.25) is 0 Å². The van der Waals surface area contributed by atoms with Crippen molar-refractivity contribution in [1.29, 1.82) is 0 Å². The van der Waals surface area contributed by atoms with Crippen molar-refractivity contribution in [2.75, 3.05) is 5.75 Å². The molecule has 2 aromatic carbocycles. The molecule has 30 heavy (non-hydrogen) atoms. The van der Waals surface area contributed by atoms with E-state index < -0.39 is 0 Å². The number of thioether (sulfide) groups is 1. The minimum atomic E-state index is 0.0498. The van der Waals surface area contributed by atoms with Crippen LogP contribution in [0.2, 0.25) is 0 Å². The lowest BCUT2D eigenvalue weighted by molar-refractivity contribution is 0.102. The Kier molecular flexibility index (Phi) is 5.95. The Bertz CT molecular complexity index is 1160. The van der Waals surface area contributed by atoms with E-state index in [0.717, 1.165) is 22.5 Å². The maximum absolute atomic E-state index is 12.7. The highest BCUT2D eigenvalue weighted by Crippen LogP contribution is 2.27. The maximum Gasteiger partial charge on any atom is 0.192 e. The van der Waals surface area contributed by atoms with Crippen LogP contribution in [-0.4, -0.2) is 26.3 Å². The molecule has 4 rings (SSSR count). The molecular weight excluding hydrogens is 394 g/mol. The van der Waals surface area contributed by atoms with Gasteiger partial charge in [-0.2, -0.15) is 0 Å². The number of Topliss-reactive ketones (excluding diaryl/α,β-unsaturated/α-hetero) is 1. The summed E-state index contributed by atoms with van der Waals surface area (Å²) in [6.07, 6.45) is 3.42. The van der Waals surface area contributed by atoms with Gasteiger partial charge in [-0.25, -0.2) is 0 Å². The summed E-state index contributed by atoms with van der Waals surface area (Å²) in [6.45, 7) is 6.26. The second kappa shape index (κ2) is 8.97. The zero-order valence-corrected chi connectivity index (χ0v) is 17.4. The molecule has 0 N–H and O–H groups in total. The normalized spacial score (nSPS) is 10.8. The molecule has 0 spiro atoms. The maximum atomic E-state index is 12.7. The molecule has 0 bridgehead atoms. The number of aryl methyl sites for hydroxylation is 1. The third-order valence-electron chi connectivity index (χ3n) is 4.77. The van der Waals surface area contributed by atoms with E-state index in [4.69, 9.17) is 4.42 Å². The van der Waals surface area contributed by atoms with Crippen molar-refractivity contribution in [3.05, 3.63) is 90.9 Å². The molecular formula is C24H21N3O2S. The van der Waals surface area contributed by atoms with Crippen LogP contribution in [0, 0.1) is 6.92 Å². The molecule has 150 valence electrons. The molecule has 5 nitrogen and oxygen atoms in total. The molecule has 0 saturated carbocycles. The van der Waals surface area contributed by atoms with E-state index in [-0.39, 0.29) is 11.5 Å². The van der Waals surface area contributed by atoms with E-state index >= 15 is 0 Å². The second-order valence-corrected chi connectivity index (χ2v) is 7.69. The summed E-state index contributed by atoms with van der Waals surface area (Å²) in [4.78, 5) is 12.7. The minimum absolute atomic E-state index is 0.0498. The van der Waals surface area contributed by atoms with Gasteiger partial charge in [-0.05, 0) is 24.1 Å². The quantitative estimate of drug-likeness (QED) is 0.211. The standard InChI is InChI=1S/C24H21N3O2S/c1-3-14-27-23(21-13-15-29-17(21)2)25-26-24(27)30-16-22(28)20-11-9-19(10-12-20)18-7-5-4-6-8-18/h3-13,15H,1,14,16H2,2H3. The second-order valence-electron chi connectivity index (χ2n) is 6.75. The minimum Gasteiger partial charge on any atom is -0.469 e. The predicted molar refractivity (Wildman–Crippen MR) is 120 cm³/mol. The van der Waals surface area contributed by atoms with E-state index in [0.29, 0.717) is 23.1 Å². The number of ketones is 1. The smallest absolute Gasteiger partial charge is 0.192 e. The molecule has 0 aliphatic heterocycles. The van der Waals surface area contributed by atoms with E-state index in [2.05, 4.69) is 28.9 Å². The molecule has 4 aromatic rings. The van der Waals surface area contributed by atoms with Gasteiger partial charge >= 0.3 is 0 Å². The zero-order valence-electron chi connectivity index (χ0n) is 16.6. The number of carbonyl (C=O) groups is 1. The summed E-state index contributed by atoms with van der Waals surface area (Å²) in [5, 5.41) is 9.27. The summed E-state index contributed by atoms with van der Waals surface area (Å²) in [5.74, 6) is 1.82. The fourth-order valence-electron chi connectivity index (χ4n) is 3.20. The van der Waals surface area contributed by atoms with Crippen LogP contribution in [0.1, 0.15) is 16.1 Å². The van der Waals surface area contributed by atoms with Gasteiger partial charge in [0.05, 0.1) is 17.6 Å². The summed E-state index contributed by atoms with van der Waals surface area (Å²) in [7, 11) is 0. The van der Waals surface area contributed by atoms with E-state index in [1.54, 1.807) is 12.3 Å². The molecule has 2 aromatic heterocycles. The molecule has 0 saturated heterocycles. The van der Waals surface area contributed by atoms with Gasteiger partial charge in [-0.1, -0.05) is 72.4 Å². The molecule has 0 radical (unpaired) electrons. The third-order valence-corrected chi connectivity index (χ3v) is 5.74. The number of benzene rings is 2. The van der Waals surface area contributed by atoms with Crippen molar-refractivity contribution in [2.45, 2.75) is 18.6 Å². The summed E-state index contributed by atoms with van der Waals surface area (Å²) in [5.41, 5.74) is 3.79. The number of aromatic nitrogens is 3. The van der Waals surface area contributed by atoms with Crippen LogP contribution in [0.25, 0.3) is 22.5 Å². The average molecular weight is 416 g/mol. The first kappa shape index (κ1) is 19.9. The van der Waals surface area contributed by atoms with Crippen molar-refractivity contribution in [1.82, 2.24) is 14.8 Å². The van der Waals surface area contributed by atoms with Crippen LogP contribution in [0.4, 0.5) is 0 Å². The van der Waals surface area contributed by atoms with Gasteiger partial charge in [-0.3, -0.25) is 9.36 Å². The largest absolute Gasteiger partial charge is 0.469 e. The van der Waals surface area contributed by atoms with Crippen molar-refractivity contribution < 1.29 is 9.21 Å². The monoisotopic (exact) mass is 415 g/mol. The first-order valence-electron chi connectivity index (χ1n) is 9.57. The van der Waals surface area contributed by atoms with Gasteiger partial charge in [-0.15, -0.1) is 16.8 Å². The SMILES string of the molecule is C=CCn1c(SCC(=O)c2ccc(-c3ccccc3)cc2)nnc1-c1ccoc1C. The van der Waals surface area contributed by atoms with Crippen molar-refractivity contribution in [2.24, 2.45) is 0 Å². The molecule has 0 unspecified atom stereocenters. The fourth-order valence-corrected chi connectivity index (χ4v) is 4.04. The average Bonchev–Trinajstić information content (AvgIpc) is 3.38. The number of furan rings is 1. The van der Waals surface area contributed by atoms with Crippen molar-refractivity contribution in [3.8, 4) is 22.5 Å². The third kappa shape index (κ3) is 4.14. The lowest BCUT2D eigenvalue weighted by Gasteiger charge is -2.07. The Hall–Kier alpha value is -3.38. The Morgan fingerprint density at radius 3 is 2.47 bits per heavy atom. The summed E-state index contributed by atoms with van der Waals surface area (Å²) >= 11 is 1.38. The Labute approximate surface area is 179 Å². The number of hydrogen-bond acceptors (Lipinski definition) is 5. The van der Waals surface area contributed by atoms with E-state index in [9.17, 15) is 4.79 Å². The molecule has 0 aliphatic carbocycles. The topological polar surface area (TPSA) is 60.9 Å².